The second-order valence-electron chi connectivity index (χ2n) is 2.74. The number of aliphatic hydroxyl groups excluding tert-OH is 1. The summed E-state index contributed by atoms with van der Waals surface area (Å²) in [5.41, 5.74) is 1.20. The zero-order valence-electron chi connectivity index (χ0n) is 7.27. The molecule has 0 heterocycles. The van der Waals surface area contributed by atoms with E-state index in [1.807, 2.05) is 12.1 Å². The van der Waals surface area contributed by atoms with Crippen LogP contribution in [0.15, 0.2) is 36.9 Å². The van der Waals surface area contributed by atoms with Gasteiger partial charge in [-0.1, -0.05) is 24.3 Å². The van der Waals surface area contributed by atoms with Gasteiger partial charge in [-0.05, 0) is 18.1 Å². The van der Waals surface area contributed by atoms with Gasteiger partial charge in [-0.25, -0.2) is 0 Å². The molecule has 0 bridgehead atoms. The quantitative estimate of drug-likeness (QED) is 0.712. The lowest BCUT2D eigenvalue weighted by Gasteiger charge is -2.09. The molecule has 66 valence electrons. The first-order valence-electron chi connectivity index (χ1n) is 4.07. The molecule has 1 N–H and O–H groups in total. The van der Waals surface area contributed by atoms with Crippen LogP contribution < -0.4 is 0 Å². The lowest BCUT2D eigenvalue weighted by Crippen LogP contribution is -1.98. The Kier molecular flexibility index (Phi) is 3.24. The average Bonchev–Trinajstić information content (AvgIpc) is 2.18. The molecule has 0 aromatic heterocycles. The van der Waals surface area contributed by atoms with Crippen LogP contribution in [0.4, 0.5) is 0 Å². The molecule has 0 saturated carbocycles. The molecule has 1 aromatic rings. The molecule has 0 spiro atoms. The Morgan fingerprint density at radius 2 is 2.23 bits per heavy atom. The van der Waals surface area contributed by atoms with Gasteiger partial charge in [0.05, 0.1) is 17.7 Å². The maximum atomic E-state index is 9.61. The van der Waals surface area contributed by atoms with E-state index >= 15 is 0 Å². The fourth-order valence-corrected chi connectivity index (χ4v) is 1.17. The molecule has 2 heteroatoms. The highest BCUT2D eigenvalue weighted by atomic mass is 16.3. The average molecular weight is 173 g/mol. The molecule has 0 saturated heterocycles. The summed E-state index contributed by atoms with van der Waals surface area (Å²) >= 11 is 0. The Labute approximate surface area is 77.8 Å². The predicted octanol–water partition coefficient (Wildman–Crippen LogP) is 2.17. The van der Waals surface area contributed by atoms with Crippen molar-refractivity contribution in [1.29, 1.82) is 5.26 Å². The van der Waals surface area contributed by atoms with Crippen molar-refractivity contribution < 1.29 is 5.11 Å². The summed E-state index contributed by atoms with van der Waals surface area (Å²) in [6.07, 6.45) is 1.49. The molecule has 0 aliphatic rings. The topological polar surface area (TPSA) is 44.0 Å². The van der Waals surface area contributed by atoms with Crippen molar-refractivity contribution >= 4 is 0 Å². The molecular formula is C11H11NO. The minimum atomic E-state index is -0.617. The van der Waals surface area contributed by atoms with Crippen molar-refractivity contribution in [1.82, 2.24) is 0 Å². The van der Waals surface area contributed by atoms with Crippen LogP contribution in [0.2, 0.25) is 0 Å². The van der Waals surface area contributed by atoms with E-state index in [9.17, 15) is 5.11 Å². The van der Waals surface area contributed by atoms with Gasteiger partial charge < -0.3 is 5.11 Å². The number of nitrogens with zero attached hydrogens (tertiary/aromatic N) is 1. The van der Waals surface area contributed by atoms with E-state index in [0.717, 1.165) is 0 Å². The third-order valence-electron chi connectivity index (χ3n) is 1.83. The maximum absolute atomic E-state index is 9.61. The van der Waals surface area contributed by atoms with Crippen LogP contribution in [-0.2, 0) is 0 Å². The van der Waals surface area contributed by atoms with E-state index < -0.39 is 6.10 Å². The summed E-state index contributed by atoms with van der Waals surface area (Å²) in [6.45, 7) is 3.54. The molecule has 1 atom stereocenters. The zero-order valence-corrected chi connectivity index (χ0v) is 7.27. The van der Waals surface area contributed by atoms with Crippen LogP contribution in [-0.4, -0.2) is 5.11 Å². The van der Waals surface area contributed by atoms with Gasteiger partial charge in [0, 0.05) is 0 Å². The Hall–Kier alpha value is -1.59. The van der Waals surface area contributed by atoms with Crippen LogP contribution in [0.5, 0.6) is 0 Å². The Balaban J connectivity index is 2.99. The molecule has 0 radical (unpaired) electrons. The first kappa shape index (κ1) is 9.50. The predicted molar refractivity (Wildman–Crippen MR) is 50.9 cm³/mol. The number of aliphatic hydroxyl groups is 1. The third-order valence-corrected chi connectivity index (χ3v) is 1.83. The Morgan fingerprint density at radius 3 is 2.85 bits per heavy atom. The van der Waals surface area contributed by atoms with Gasteiger partial charge >= 0.3 is 0 Å². The summed E-state index contributed by atoms with van der Waals surface area (Å²) in [6, 6.07) is 9.08. The lowest BCUT2D eigenvalue weighted by molar-refractivity contribution is 0.181. The standard InChI is InChI=1S/C11H11NO/c1-2-5-11(13)10-7-4-3-6-9(10)8-12/h2-4,6-7,11,13H,1,5H2/t11-/m0/s1. The van der Waals surface area contributed by atoms with E-state index in [-0.39, 0.29) is 0 Å². The molecule has 0 amide bonds. The van der Waals surface area contributed by atoms with Crippen molar-refractivity contribution in [2.45, 2.75) is 12.5 Å². The molecule has 1 rings (SSSR count). The summed E-state index contributed by atoms with van der Waals surface area (Å²) in [5.74, 6) is 0. The normalized spacial score (nSPS) is 11.7. The third kappa shape index (κ3) is 2.17. The van der Waals surface area contributed by atoms with Crippen molar-refractivity contribution in [2.75, 3.05) is 0 Å². The summed E-state index contributed by atoms with van der Waals surface area (Å²) in [7, 11) is 0. The van der Waals surface area contributed by atoms with Crippen LogP contribution in [0.1, 0.15) is 23.7 Å². The molecule has 0 fully saturated rings. The van der Waals surface area contributed by atoms with Crippen LogP contribution in [0.3, 0.4) is 0 Å². The van der Waals surface area contributed by atoms with E-state index in [0.29, 0.717) is 17.5 Å². The Bertz CT molecular complexity index is 338. The largest absolute Gasteiger partial charge is 0.388 e. The smallest absolute Gasteiger partial charge is 0.0995 e. The van der Waals surface area contributed by atoms with Gasteiger partial charge in [-0.15, -0.1) is 6.58 Å². The molecule has 2 nitrogen and oxygen atoms in total. The van der Waals surface area contributed by atoms with Gasteiger partial charge in [0.15, 0.2) is 0 Å². The molecule has 0 aliphatic heterocycles. The van der Waals surface area contributed by atoms with Gasteiger partial charge in [0.1, 0.15) is 0 Å². The number of hydrogen-bond acceptors (Lipinski definition) is 2. The van der Waals surface area contributed by atoms with Crippen molar-refractivity contribution in [3.8, 4) is 6.07 Å². The van der Waals surface area contributed by atoms with E-state index in [1.165, 1.54) is 0 Å². The van der Waals surface area contributed by atoms with Gasteiger partial charge in [0.25, 0.3) is 0 Å². The highest BCUT2D eigenvalue weighted by Crippen LogP contribution is 2.20. The van der Waals surface area contributed by atoms with Crippen molar-refractivity contribution in [3.63, 3.8) is 0 Å². The number of nitriles is 1. The minimum absolute atomic E-state index is 0.471. The highest BCUT2D eigenvalue weighted by Gasteiger charge is 2.09. The molecule has 0 aliphatic carbocycles. The number of hydrogen-bond donors (Lipinski definition) is 1. The first-order chi connectivity index (χ1) is 6.29. The maximum Gasteiger partial charge on any atom is 0.0995 e. The zero-order chi connectivity index (χ0) is 9.68. The van der Waals surface area contributed by atoms with Gasteiger partial charge in [-0.3, -0.25) is 0 Å². The SMILES string of the molecule is C=CC[C@H](O)c1ccccc1C#N. The van der Waals surface area contributed by atoms with Crippen LogP contribution in [0.25, 0.3) is 0 Å². The Morgan fingerprint density at radius 1 is 1.54 bits per heavy atom. The van der Waals surface area contributed by atoms with Crippen LogP contribution >= 0.6 is 0 Å². The van der Waals surface area contributed by atoms with E-state index in [1.54, 1.807) is 24.3 Å². The summed E-state index contributed by atoms with van der Waals surface area (Å²) in [4.78, 5) is 0. The fraction of sp³-hybridized carbons (Fsp3) is 0.182. The first-order valence-corrected chi connectivity index (χ1v) is 4.07. The number of rotatable bonds is 3. The summed E-state index contributed by atoms with van der Waals surface area (Å²) < 4.78 is 0. The molecule has 13 heavy (non-hydrogen) atoms. The lowest BCUT2D eigenvalue weighted by atomic mass is 10.0. The van der Waals surface area contributed by atoms with Gasteiger partial charge in [-0.2, -0.15) is 5.26 Å². The second kappa shape index (κ2) is 4.44. The van der Waals surface area contributed by atoms with E-state index in [4.69, 9.17) is 5.26 Å². The van der Waals surface area contributed by atoms with E-state index in [2.05, 4.69) is 6.58 Å². The summed E-state index contributed by atoms with van der Waals surface area (Å²) in [5, 5.41) is 18.4. The van der Waals surface area contributed by atoms with Crippen LogP contribution in [0, 0.1) is 11.3 Å². The number of benzene rings is 1. The highest BCUT2D eigenvalue weighted by molar-refractivity contribution is 5.38. The fourth-order valence-electron chi connectivity index (χ4n) is 1.17. The van der Waals surface area contributed by atoms with Crippen molar-refractivity contribution in [3.05, 3.63) is 48.0 Å². The van der Waals surface area contributed by atoms with Gasteiger partial charge in [0.2, 0.25) is 0 Å². The minimum Gasteiger partial charge on any atom is -0.388 e. The molecular weight excluding hydrogens is 162 g/mol. The second-order valence-corrected chi connectivity index (χ2v) is 2.74. The molecule has 0 unspecified atom stereocenters. The monoisotopic (exact) mass is 173 g/mol. The van der Waals surface area contributed by atoms with Crippen molar-refractivity contribution in [2.24, 2.45) is 0 Å². The molecule has 1 aromatic carbocycles.